The van der Waals surface area contributed by atoms with Gasteiger partial charge in [-0.2, -0.15) is 0 Å². The largest absolute Gasteiger partial charge is 0.497 e. The molecule has 0 fully saturated rings. The van der Waals surface area contributed by atoms with Crippen molar-refractivity contribution in [2.45, 2.75) is 13.8 Å². The number of nitrogens with zero attached hydrogens (tertiary/aromatic N) is 2. The highest BCUT2D eigenvalue weighted by molar-refractivity contribution is 5.88. The van der Waals surface area contributed by atoms with Crippen molar-refractivity contribution in [3.05, 3.63) is 109 Å². The van der Waals surface area contributed by atoms with Gasteiger partial charge in [0, 0.05) is 29.9 Å². The van der Waals surface area contributed by atoms with Crippen molar-refractivity contribution in [2.75, 3.05) is 32.2 Å². The summed E-state index contributed by atoms with van der Waals surface area (Å²) in [6.07, 6.45) is 0. The van der Waals surface area contributed by atoms with E-state index >= 15 is 0 Å². The summed E-state index contributed by atoms with van der Waals surface area (Å²) in [5.74, 6) is 1.60. The first kappa shape index (κ1) is 26.1. The molecule has 4 aromatic carbocycles. The van der Waals surface area contributed by atoms with Crippen LogP contribution in [0.2, 0.25) is 0 Å². The minimum absolute atomic E-state index is 0.802. The van der Waals surface area contributed by atoms with Gasteiger partial charge in [-0.25, -0.2) is 4.98 Å². The first-order valence-electron chi connectivity index (χ1n) is 13.4. The Labute approximate surface area is 231 Å². The molecule has 0 spiro atoms. The van der Waals surface area contributed by atoms with Gasteiger partial charge < -0.3 is 14.4 Å². The monoisotopic (exact) mass is 514 g/mol. The molecule has 0 atom stereocenters. The standard InChI is InChI=1S/C35H34N2O2/c1-5-37(6-2)29-18-19-32(25-12-8-7-9-13-25)33(24-29)28-22-34(26-14-10-16-30(20-26)38-3)36-35(23-28)27-15-11-17-31(21-27)39-4/h7-24H,5-6H2,1-4H3. The van der Waals surface area contributed by atoms with Crippen LogP contribution in [0, 0.1) is 0 Å². The van der Waals surface area contributed by atoms with Gasteiger partial charge in [0.1, 0.15) is 11.5 Å². The minimum Gasteiger partial charge on any atom is -0.497 e. The Morgan fingerprint density at radius 3 is 1.64 bits per heavy atom. The molecule has 0 radical (unpaired) electrons. The summed E-state index contributed by atoms with van der Waals surface area (Å²) in [5.41, 5.74) is 9.62. The summed E-state index contributed by atoms with van der Waals surface area (Å²) in [7, 11) is 3.38. The second-order valence-corrected chi connectivity index (χ2v) is 9.36. The van der Waals surface area contributed by atoms with E-state index in [4.69, 9.17) is 14.5 Å². The van der Waals surface area contributed by atoms with Crippen LogP contribution in [0.3, 0.4) is 0 Å². The number of benzene rings is 4. The van der Waals surface area contributed by atoms with Crippen molar-refractivity contribution in [1.82, 2.24) is 4.98 Å². The van der Waals surface area contributed by atoms with Crippen LogP contribution in [0.25, 0.3) is 44.8 Å². The van der Waals surface area contributed by atoms with E-state index in [1.54, 1.807) is 14.2 Å². The van der Waals surface area contributed by atoms with Crippen LogP contribution in [-0.2, 0) is 0 Å². The number of ether oxygens (including phenoxy) is 2. The molecule has 4 nitrogen and oxygen atoms in total. The van der Waals surface area contributed by atoms with E-state index in [1.807, 2.05) is 36.4 Å². The third-order valence-corrected chi connectivity index (χ3v) is 7.08. The van der Waals surface area contributed by atoms with Crippen molar-refractivity contribution in [1.29, 1.82) is 0 Å². The fourth-order valence-corrected chi connectivity index (χ4v) is 4.97. The number of anilines is 1. The molecule has 0 saturated carbocycles. The van der Waals surface area contributed by atoms with Crippen LogP contribution in [0.1, 0.15) is 13.8 Å². The SMILES string of the molecule is CCN(CC)c1ccc(-c2ccccc2)c(-c2cc(-c3cccc(OC)c3)nc(-c3cccc(OC)c3)c2)c1. The van der Waals surface area contributed by atoms with E-state index in [0.717, 1.165) is 52.7 Å². The molecule has 196 valence electrons. The first-order chi connectivity index (χ1) is 19.1. The van der Waals surface area contributed by atoms with E-state index in [0.29, 0.717) is 0 Å². The summed E-state index contributed by atoms with van der Waals surface area (Å²) in [4.78, 5) is 7.50. The van der Waals surface area contributed by atoms with E-state index in [1.165, 1.54) is 22.4 Å². The number of aromatic nitrogens is 1. The molecule has 1 aromatic heterocycles. The van der Waals surface area contributed by atoms with Crippen molar-refractivity contribution in [2.24, 2.45) is 0 Å². The van der Waals surface area contributed by atoms with Crippen LogP contribution in [0.4, 0.5) is 5.69 Å². The Morgan fingerprint density at radius 2 is 1.10 bits per heavy atom. The number of methoxy groups -OCH3 is 2. The summed E-state index contributed by atoms with van der Waals surface area (Å²) >= 11 is 0. The Hall–Kier alpha value is -4.57. The second-order valence-electron chi connectivity index (χ2n) is 9.36. The van der Waals surface area contributed by atoms with Gasteiger partial charge in [0.2, 0.25) is 0 Å². The normalized spacial score (nSPS) is 10.8. The third-order valence-electron chi connectivity index (χ3n) is 7.08. The predicted octanol–water partition coefficient (Wildman–Crippen LogP) is 8.61. The second kappa shape index (κ2) is 11.9. The van der Waals surface area contributed by atoms with Gasteiger partial charge in [-0.05, 0) is 84.6 Å². The van der Waals surface area contributed by atoms with Crippen LogP contribution < -0.4 is 14.4 Å². The number of pyridine rings is 1. The van der Waals surface area contributed by atoms with Crippen molar-refractivity contribution >= 4 is 5.69 Å². The van der Waals surface area contributed by atoms with E-state index in [2.05, 4.69) is 91.5 Å². The predicted molar refractivity (Wildman–Crippen MR) is 163 cm³/mol. The molecule has 0 aliphatic rings. The lowest BCUT2D eigenvalue weighted by atomic mass is 9.92. The summed E-state index contributed by atoms with van der Waals surface area (Å²) in [6.45, 7) is 6.28. The number of hydrogen-bond acceptors (Lipinski definition) is 4. The molecule has 4 heteroatoms. The average Bonchev–Trinajstić information content (AvgIpc) is 3.02. The minimum atomic E-state index is 0.802. The molecule has 0 aliphatic carbocycles. The number of rotatable bonds is 9. The van der Waals surface area contributed by atoms with Gasteiger partial charge in [-0.3, -0.25) is 0 Å². The smallest absolute Gasteiger partial charge is 0.119 e. The molecule has 0 unspecified atom stereocenters. The maximum atomic E-state index is 5.53. The maximum Gasteiger partial charge on any atom is 0.119 e. The lowest BCUT2D eigenvalue weighted by Crippen LogP contribution is -2.21. The Kier molecular flexibility index (Phi) is 7.93. The molecule has 5 aromatic rings. The molecule has 0 N–H and O–H groups in total. The van der Waals surface area contributed by atoms with Gasteiger partial charge in [0.25, 0.3) is 0 Å². The first-order valence-corrected chi connectivity index (χ1v) is 13.4. The average molecular weight is 515 g/mol. The quantitative estimate of drug-likeness (QED) is 0.197. The molecule has 5 rings (SSSR count). The molecule has 0 amide bonds. The molecule has 39 heavy (non-hydrogen) atoms. The Morgan fingerprint density at radius 1 is 0.538 bits per heavy atom. The van der Waals surface area contributed by atoms with Crippen molar-refractivity contribution < 1.29 is 9.47 Å². The maximum absolute atomic E-state index is 5.53. The van der Waals surface area contributed by atoms with Crippen molar-refractivity contribution in [3.8, 4) is 56.3 Å². The fraction of sp³-hybridized carbons (Fsp3) is 0.171. The van der Waals surface area contributed by atoms with Crippen LogP contribution in [-0.4, -0.2) is 32.3 Å². The molecule has 0 bridgehead atoms. The Balaban J connectivity index is 1.78. The molecular formula is C35H34N2O2. The third kappa shape index (κ3) is 5.65. The van der Waals surface area contributed by atoms with Gasteiger partial charge in [-0.15, -0.1) is 0 Å². The van der Waals surface area contributed by atoms with Crippen LogP contribution in [0.5, 0.6) is 11.5 Å². The molecular weight excluding hydrogens is 480 g/mol. The number of hydrogen-bond donors (Lipinski definition) is 0. The molecule has 0 aliphatic heterocycles. The highest BCUT2D eigenvalue weighted by Gasteiger charge is 2.15. The van der Waals surface area contributed by atoms with Gasteiger partial charge in [0.15, 0.2) is 0 Å². The van der Waals surface area contributed by atoms with E-state index < -0.39 is 0 Å². The lowest BCUT2D eigenvalue weighted by Gasteiger charge is -2.23. The van der Waals surface area contributed by atoms with Crippen molar-refractivity contribution in [3.63, 3.8) is 0 Å². The van der Waals surface area contributed by atoms with Gasteiger partial charge in [-0.1, -0.05) is 60.7 Å². The van der Waals surface area contributed by atoms with Gasteiger partial charge >= 0.3 is 0 Å². The summed E-state index contributed by atoms with van der Waals surface area (Å²) in [5, 5.41) is 0. The van der Waals surface area contributed by atoms with E-state index in [9.17, 15) is 0 Å². The summed E-state index contributed by atoms with van der Waals surface area (Å²) < 4.78 is 11.1. The highest BCUT2D eigenvalue weighted by atomic mass is 16.5. The van der Waals surface area contributed by atoms with Gasteiger partial charge in [0.05, 0.1) is 25.6 Å². The van der Waals surface area contributed by atoms with Crippen LogP contribution >= 0.6 is 0 Å². The molecule has 0 saturated heterocycles. The molecule has 1 heterocycles. The van der Waals surface area contributed by atoms with E-state index in [-0.39, 0.29) is 0 Å². The highest BCUT2D eigenvalue weighted by Crippen LogP contribution is 2.39. The summed E-state index contributed by atoms with van der Waals surface area (Å²) in [6, 6.07) is 37.9. The topological polar surface area (TPSA) is 34.6 Å². The van der Waals surface area contributed by atoms with Crippen LogP contribution in [0.15, 0.2) is 109 Å². The zero-order chi connectivity index (χ0) is 27.2. The lowest BCUT2D eigenvalue weighted by molar-refractivity contribution is 0.415. The Bertz CT molecular complexity index is 1490. The zero-order valence-electron chi connectivity index (χ0n) is 23.0. The fourth-order valence-electron chi connectivity index (χ4n) is 4.97. The zero-order valence-corrected chi connectivity index (χ0v) is 23.0.